The molecule has 4 rings (SSSR count). The maximum Gasteiger partial charge on any atom is 0.276 e. The van der Waals surface area contributed by atoms with Gasteiger partial charge in [0, 0.05) is 29.5 Å². The molecule has 0 aromatic carbocycles. The molecule has 0 bridgehead atoms. The van der Waals surface area contributed by atoms with Crippen molar-refractivity contribution in [3.8, 4) is 0 Å². The van der Waals surface area contributed by atoms with E-state index in [0.717, 1.165) is 41.8 Å². The highest BCUT2D eigenvalue weighted by Gasteiger charge is 2.53. The van der Waals surface area contributed by atoms with Gasteiger partial charge in [0.05, 0.1) is 31.8 Å². The van der Waals surface area contributed by atoms with Crippen LogP contribution in [0.2, 0.25) is 0 Å². The standard InChI is InChI=1S/C19H24N6O5S2.ClH/c1-25(5-3-4-6-25)7-10-8-31-17-13(16(27)24(17)14(10)18(28)29)22-15(26)12(23-30-2)11-9-32-19(20)21-11;/h9,13,17H,3-8H2,1-2H3,(H3-,20,21,22,26,28,29);1H. The molecule has 1 aromatic rings. The van der Waals surface area contributed by atoms with Crippen molar-refractivity contribution in [3.63, 3.8) is 0 Å². The van der Waals surface area contributed by atoms with Crippen molar-refractivity contribution >= 4 is 64.1 Å². The van der Waals surface area contributed by atoms with E-state index in [4.69, 9.17) is 10.6 Å². The molecule has 2 atom stereocenters. The van der Waals surface area contributed by atoms with Gasteiger partial charge in [0.1, 0.15) is 30.8 Å². The van der Waals surface area contributed by atoms with Crippen molar-refractivity contribution in [2.45, 2.75) is 24.3 Å². The van der Waals surface area contributed by atoms with E-state index in [1.165, 1.54) is 23.8 Å². The third-order valence-corrected chi connectivity index (χ3v) is 7.92. The van der Waals surface area contributed by atoms with E-state index in [1.54, 1.807) is 5.38 Å². The first-order chi connectivity index (χ1) is 15.2. The summed E-state index contributed by atoms with van der Waals surface area (Å²) >= 11 is 2.57. The second kappa shape index (κ2) is 9.87. The monoisotopic (exact) mass is 516 g/mol. The molecule has 180 valence electrons. The number of carboxylic acid groups (broad SMARTS) is 1. The Labute approximate surface area is 205 Å². The van der Waals surface area contributed by atoms with Gasteiger partial charge in [0.25, 0.3) is 11.8 Å². The Bertz CT molecular complexity index is 1020. The first-order valence-corrected chi connectivity index (χ1v) is 12.0. The summed E-state index contributed by atoms with van der Waals surface area (Å²) < 4.78 is 0.757. The lowest BCUT2D eigenvalue weighted by Crippen LogP contribution is -2.71. The number of carboxylic acids is 1. The Morgan fingerprint density at radius 1 is 1.42 bits per heavy atom. The fourth-order valence-electron chi connectivity index (χ4n) is 4.41. The van der Waals surface area contributed by atoms with E-state index in [1.807, 2.05) is 0 Å². The molecule has 0 radical (unpaired) electrons. The molecule has 14 heteroatoms. The lowest BCUT2D eigenvalue weighted by Gasteiger charge is -2.51. The summed E-state index contributed by atoms with van der Waals surface area (Å²) in [4.78, 5) is 47.7. The van der Waals surface area contributed by atoms with E-state index in [2.05, 4.69) is 22.5 Å². The summed E-state index contributed by atoms with van der Waals surface area (Å²) in [5.74, 6) is -2.06. The third kappa shape index (κ3) is 4.81. The van der Waals surface area contributed by atoms with E-state index >= 15 is 0 Å². The van der Waals surface area contributed by atoms with Crippen molar-refractivity contribution in [2.24, 2.45) is 5.16 Å². The summed E-state index contributed by atoms with van der Waals surface area (Å²) in [6, 6.07) is -0.891. The minimum atomic E-state index is -1.37. The predicted molar refractivity (Wildman–Crippen MR) is 124 cm³/mol. The zero-order chi connectivity index (χ0) is 23.0. The van der Waals surface area contributed by atoms with E-state index in [-0.39, 0.29) is 34.6 Å². The summed E-state index contributed by atoms with van der Waals surface area (Å²) in [6.45, 7) is 2.53. The molecule has 2 unspecified atom stereocenters. The summed E-state index contributed by atoms with van der Waals surface area (Å²) in [7, 11) is 3.39. The highest BCUT2D eigenvalue weighted by atomic mass is 35.5. The average molecular weight is 517 g/mol. The second-order valence-electron chi connectivity index (χ2n) is 8.23. The molecule has 2 saturated heterocycles. The minimum absolute atomic E-state index is 0. The van der Waals surface area contributed by atoms with Crippen molar-refractivity contribution in [3.05, 3.63) is 22.3 Å². The number of thioether (sulfide) groups is 1. The highest BCUT2D eigenvalue weighted by Crippen LogP contribution is 2.41. The number of halogens is 1. The molecule has 11 nitrogen and oxygen atoms in total. The number of likely N-dealkylation sites (N-methyl/N-ethyl adjacent to an activating group) is 1. The number of oxime groups is 1. The molecular weight excluding hydrogens is 492 g/mol. The quantitative estimate of drug-likeness (QED) is 0.206. The zero-order valence-corrected chi connectivity index (χ0v) is 20.6. The first kappa shape index (κ1) is 25.3. The number of thiazole rings is 1. The van der Waals surface area contributed by atoms with Crippen LogP contribution in [0.5, 0.6) is 0 Å². The number of likely N-dealkylation sites (tertiary alicyclic amines) is 1. The lowest BCUT2D eigenvalue weighted by molar-refractivity contribution is -0.893. The molecule has 3 aliphatic rings. The molecule has 2 fully saturated rings. The van der Waals surface area contributed by atoms with Gasteiger partial charge in [0.2, 0.25) is 0 Å². The Kier molecular flexibility index (Phi) is 7.56. The van der Waals surface area contributed by atoms with Crippen molar-refractivity contribution in [1.29, 1.82) is 0 Å². The van der Waals surface area contributed by atoms with Crippen LogP contribution < -0.4 is 16.2 Å². The number of aromatic nitrogens is 1. The van der Waals surface area contributed by atoms with Crippen LogP contribution in [-0.2, 0) is 19.2 Å². The Morgan fingerprint density at radius 3 is 2.70 bits per heavy atom. The fourth-order valence-corrected chi connectivity index (χ4v) is 6.30. The van der Waals surface area contributed by atoms with Gasteiger partial charge < -0.3 is 30.3 Å². The number of carbonyl (C=O) groups is 3. The molecule has 4 heterocycles. The van der Waals surface area contributed by atoms with Gasteiger partial charge in [-0.15, -0.1) is 35.5 Å². The third-order valence-electron chi connectivity index (χ3n) is 5.91. The molecule has 3 aliphatic heterocycles. The molecule has 33 heavy (non-hydrogen) atoms. The van der Waals surface area contributed by atoms with Crippen LogP contribution in [0.4, 0.5) is 5.13 Å². The van der Waals surface area contributed by atoms with Crippen LogP contribution in [0.3, 0.4) is 0 Å². The van der Waals surface area contributed by atoms with Crippen LogP contribution in [0.25, 0.3) is 0 Å². The van der Waals surface area contributed by atoms with E-state index in [9.17, 15) is 19.5 Å². The number of nitrogen functional groups attached to an aromatic ring is 1. The number of nitrogens with one attached hydrogen (secondary N) is 1. The Balaban J connectivity index is 0.00000306. The first-order valence-electron chi connectivity index (χ1n) is 10.1. The molecule has 0 saturated carbocycles. The number of β-lactam (4-membered cyclic amide) rings is 1. The van der Waals surface area contributed by atoms with Crippen molar-refractivity contribution < 1.29 is 28.8 Å². The van der Waals surface area contributed by atoms with Crippen molar-refractivity contribution in [1.82, 2.24) is 15.2 Å². The van der Waals surface area contributed by atoms with Gasteiger partial charge in [-0.25, -0.2) is 4.98 Å². The molecule has 3 N–H and O–H groups in total. The number of carbonyl (C=O) groups excluding carboxylic acids is 3. The van der Waals surface area contributed by atoms with Gasteiger partial charge in [-0.1, -0.05) is 5.16 Å². The molecule has 2 amide bonds. The van der Waals surface area contributed by atoms with Gasteiger partial charge in [-0.05, 0) is 0 Å². The van der Waals surface area contributed by atoms with Crippen LogP contribution in [0.15, 0.2) is 21.8 Å². The predicted octanol–water partition coefficient (Wildman–Crippen LogP) is -0.858. The average Bonchev–Trinajstić information content (AvgIpc) is 3.37. The van der Waals surface area contributed by atoms with Crippen LogP contribution in [0, 0.1) is 0 Å². The largest absolute Gasteiger partial charge is 0.543 e. The molecule has 0 spiro atoms. The number of aliphatic carboxylic acids is 1. The molecule has 1 aromatic heterocycles. The van der Waals surface area contributed by atoms with Gasteiger partial charge in [0.15, 0.2) is 10.8 Å². The zero-order valence-electron chi connectivity index (χ0n) is 18.1. The molecule has 0 aliphatic carbocycles. The molecular formula is C19H25ClN6O5S2. The number of rotatable bonds is 7. The van der Waals surface area contributed by atoms with Crippen LogP contribution >= 0.6 is 35.5 Å². The second-order valence-corrected chi connectivity index (χ2v) is 10.2. The topological polar surface area (TPSA) is 150 Å². The number of anilines is 1. The van der Waals surface area contributed by atoms with Crippen LogP contribution in [0.1, 0.15) is 18.5 Å². The smallest absolute Gasteiger partial charge is 0.276 e. The SMILES string of the molecule is CON=C(C(=O)NC1C(=O)N2C(C(=O)[O-])=C(C[N+]3(C)CCCC3)CSC12)c1csc(N)n1.Cl. The number of hydrogen-bond acceptors (Lipinski definition) is 10. The lowest BCUT2D eigenvalue weighted by atomic mass is 10.0. The maximum absolute atomic E-state index is 12.9. The summed E-state index contributed by atoms with van der Waals surface area (Å²) in [5.41, 5.74) is 6.39. The number of nitrogens with two attached hydrogens (primary N) is 1. The maximum atomic E-state index is 12.9. The Hall–Kier alpha value is -2.35. The Morgan fingerprint density at radius 2 is 2.12 bits per heavy atom. The summed E-state index contributed by atoms with van der Waals surface area (Å²) in [6.07, 6.45) is 2.21. The summed E-state index contributed by atoms with van der Waals surface area (Å²) in [5, 5.41) is 19.6. The van der Waals surface area contributed by atoms with Crippen LogP contribution in [-0.4, -0.2) is 88.8 Å². The fraction of sp³-hybridized carbons (Fsp3) is 0.526. The van der Waals surface area contributed by atoms with Gasteiger partial charge >= 0.3 is 0 Å². The number of fused-ring (bicyclic) bond motifs is 1. The number of hydrogen-bond donors (Lipinski definition) is 2. The van der Waals surface area contributed by atoms with Crippen molar-refractivity contribution in [2.75, 3.05) is 45.3 Å². The van der Waals surface area contributed by atoms with E-state index < -0.39 is 29.2 Å². The highest BCUT2D eigenvalue weighted by molar-refractivity contribution is 8.00. The number of amides is 2. The van der Waals surface area contributed by atoms with Gasteiger partial charge in [-0.2, -0.15) is 0 Å². The number of quaternary nitrogens is 1. The normalized spacial score (nSPS) is 24.0. The van der Waals surface area contributed by atoms with Gasteiger partial charge in [-0.3, -0.25) is 14.5 Å². The van der Waals surface area contributed by atoms with E-state index in [0.29, 0.717) is 17.9 Å². The minimum Gasteiger partial charge on any atom is -0.543 e. The number of nitrogens with zero attached hydrogens (tertiary/aromatic N) is 4.